The number of hydrogen-bond acceptors (Lipinski definition) is 5. The predicted octanol–water partition coefficient (Wildman–Crippen LogP) is 2.45. The average Bonchev–Trinajstić information content (AvgIpc) is 3.16. The van der Waals surface area contributed by atoms with Crippen LogP contribution in [0.5, 0.6) is 11.5 Å². The molecule has 0 saturated heterocycles. The third-order valence-corrected chi connectivity index (χ3v) is 4.95. The molecule has 1 aromatic carbocycles. The van der Waals surface area contributed by atoms with Gasteiger partial charge in [-0.25, -0.2) is 0 Å². The molecule has 0 fully saturated rings. The summed E-state index contributed by atoms with van der Waals surface area (Å²) >= 11 is 0. The molecule has 1 amide bonds. The van der Waals surface area contributed by atoms with Crippen LogP contribution in [0.3, 0.4) is 0 Å². The van der Waals surface area contributed by atoms with E-state index >= 15 is 0 Å². The Kier molecular flexibility index (Phi) is 5.39. The van der Waals surface area contributed by atoms with Gasteiger partial charge in [-0.1, -0.05) is 0 Å². The van der Waals surface area contributed by atoms with Crippen LogP contribution in [0.1, 0.15) is 51.4 Å². The van der Waals surface area contributed by atoms with Crippen LogP contribution in [-0.4, -0.2) is 53.4 Å². The molecule has 3 rings (SSSR count). The Morgan fingerprint density at radius 2 is 1.86 bits per heavy atom. The SMILES string of the molecule is COc1cc2c(cc1OC)C(CC(=O)O)N(C(=O)c1cc(C(C)=O)c[nH]1)CC2. The summed E-state index contributed by atoms with van der Waals surface area (Å²) < 4.78 is 10.7. The number of ether oxygens (including phenoxy) is 2. The van der Waals surface area contributed by atoms with Gasteiger partial charge in [-0.2, -0.15) is 0 Å². The van der Waals surface area contributed by atoms with Crippen molar-refractivity contribution in [2.24, 2.45) is 0 Å². The molecule has 1 aliphatic heterocycles. The molecule has 148 valence electrons. The fourth-order valence-electron chi connectivity index (χ4n) is 3.53. The third-order valence-electron chi connectivity index (χ3n) is 4.95. The smallest absolute Gasteiger partial charge is 0.305 e. The van der Waals surface area contributed by atoms with Gasteiger partial charge in [0, 0.05) is 18.3 Å². The first-order chi connectivity index (χ1) is 13.3. The van der Waals surface area contributed by atoms with Crippen molar-refractivity contribution in [3.8, 4) is 11.5 Å². The van der Waals surface area contributed by atoms with Gasteiger partial charge in [-0.15, -0.1) is 0 Å². The number of nitrogens with zero attached hydrogens (tertiary/aromatic N) is 1. The number of ketones is 1. The Morgan fingerprint density at radius 3 is 2.43 bits per heavy atom. The molecule has 1 atom stereocenters. The highest BCUT2D eigenvalue weighted by molar-refractivity contribution is 5.99. The minimum absolute atomic E-state index is 0.154. The Balaban J connectivity index is 2.01. The van der Waals surface area contributed by atoms with Crippen LogP contribution in [-0.2, 0) is 11.2 Å². The average molecular weight is 386 g/mol. The number of carboxylic acids is 1. The van der Waals surface area contributed by atoms with Crippen molar-refractivity contribution in [3.05, 3.63) is 46.8 Å². The number of benzene rings is 1. The second-order valence-electron chi connectivity index (χ2n) is 6.63. The molecule has 0 bridgehead atoms. The fourth-order valence-corrected chi connectivity index (χ4v) is 3.53. The number of nitrogens with one attached hydrogen (secondary N) is 1. The van der Waals surface area contributed by atoms with Gasteiger partial charge in [0.05, 0.1) is 26.7 Å². The lowest BCUT2D eigenvalue weighted by Crippen LogP contribution is -2.41. The highest BCUT2D eigenvalue weighted by Gasteiger charge is 2.34. The molecule has 1 aromatic heterocycles. The molecule has 1 aliphatic rings. The molecule has 28 heavy (non-hydrogen) atoms. The van der Waals surface area contributed by atoms with E-state index in [4.69, 9.17) is 9.47 Å². The lowest BCUT2D eigenvalue weighted by atomic mass is 9.89. The van der Waals surface area contributed by atoms with Crippen molar-refractivity contribution in [2.45, 2.75) is 25.8 Å². The van der Waals surface area contributed by atoms with Crippen molar-refractivity contribution < 1.29 is 29.0 Å². The van der Waals surface area contributed by atoms with Crippen molar-refractivity contribution in [2.75, 3.05) is 20.8 Å². The van der Waals surface area contributed by atoms with E-state index in [9.17, 15) is 19.5 Å². The molecule has 1 unspecified atom stereocenters. The maximum absolute atomic E-state index is 13.0. The van der Waals surface area contributed by atoms with E-state index in [2.05, 4.69) is 4.98 Å². The number of aromatic amines is 1. The number of fused-ring (bicyclic) bond motifs is 1. The van der Waals surface area contributed by atoms with Gasteiger partial charge in [0.25, 0.3) is 5.91 Å². The number of carbonyl (C=O) groups is 3. The first-order valence-electron chi connectivity index (χ1n) is 8.82. The summed E-state index contributed by atoms with van der Waals surface area (Å²) in [6.45, 7) is 1.77. The third kappa shape index (κ3) is 3.58. The molecule has 8 nitrogen and oxygen atoms in total. The molecule has 2 N–H and O–H groups in total. The van der Waals surface area contributed by atoms with Crippen LogP contribution in [0.4, 0.5) is 0 Å². The summed E-state index contributed by atoms with van der Waals surface area (Å²) in [6.07, 6.45) is 1.79. The standard InChI is InChI=1S/C20H22N2O6/c1-11(23)13-6-15(21-10-13)20(26)22-5-4-12-7-17(27-2)18(28-3)8-14(12)16(22)9-19(24)25/h6-8,10,16,21H,4-5,9H2,1-3H3,(H,24,25). The van der Waals surface area contributed by atoms with Crippen LogP contribution in [0, 0.1) is 0 Å². The first-order valence-corrected chi connectivity index (χ1v) is 8.82. The number of aromatic nitrogens is 1. The molecule has 0 radical (unpaired) electrons. The number of methoxy groups -OCH3 is 2. The number of hydrogen-bond donors (Lipinski definition) is 2. The predicted molar refractivity (Wildman–Crippen MR) is 100 cm³/mol. The Hall–Kier alpha value is -3.29. The summed E-state index contributed by atoms with van der Waals surface area (Å²) in [5.41, 5.74) is 2.30. The Labute approximate surface area is 162 Å². The molecule has 2 aromatic rings. The summed E-state index contributed by atoms with van der Waals surface area (Å²) in [7, 11) is 3.04. The molecule has 2 heterocycles. The van der Waals surface area contributed by atoms with E-state index in [1.165, 1.54) is 38.3 Å². The zero-order valence-electron chi connectivity index (χ0n) is 15.9. The van der Waals surface area contributed by atoms with Crippen LogP contribution >= 0.6 is 0 Å². The molecular weight excluding hydrogens is 364 g/mol. The number of amides is 1. The number of carboxylic acid groups (broad SMARTS) is 1. The maximum atomic E-state index is 13.0. The van der Waals surface area contributed by atoms with Gasteiger partial charge in [0.2, 0.25) is 0 Å². The highest BCUT2D eigenvalue weighted by atomic mass is 16.5. The van der Waals surface area contributed by atoms with Gasteiger partial charge in [0.15, 0.2) is 17.3 Å². The minimum atomic E-state index is -1.01. The second-order valence-corrected chi connectivity index (χ2v) is 6.63. The monoisotopic (exact) mass is 386 g/mol. The largest absolute Gasteiger partial charge is 0.493 e. The first kappa shape index (κ1) is 19.5. The van der Waals surface area contributed by atoms with E-state index < -0.39 is 12.0 Å². The summed E-state index contributed by atoms with van der Waals surface area (Å²) in [5, 5.41) is 9.42. The van der Waals surface area contributed by atoms with Crippen LogP contribution < -0.4 is 9.47 Å². The molecule has 0 spiro atoms. The van der Waals surface area contributed by atoms with Gasteiger partial charge in [-0.3, -0.25) is 14.4 Å². The summed E-state index contributed by atoms with van der Waals surface area (Å²) in [4.78, 5) is 40.4. The Morgan fingerprint density at radius 1 is 1.18 bits per heavy atom. The van der Waals surface area contributed by atoms with Gasteiger partial charge < -0.3 is 24.5 Å². The Bertz CT molecular complexity index is 933. The van der Waals surface area contributed by atoms with Crippen molar-refractivity contribution in [1.82, 2.24) is 9.88 Å². The van der Waals surface area contributed by atoms with Crippen LogP contribution in [0.2, 0.25) is 0 Å². The van der Waals surface area contributed by atoms with E-state index in [1.807, 2.05) is 6.07 Å². The van der Waals surface area contributed by atoms with Gasteiger partial charge in [-0.05, 0) is 42.7 Å². The molecule has 0 saturated carbocycles. The number of carbonyl (C=O) groups excluding carboxylic acids is 2. The lowest BCUT2D eigenvalue weighted by molar-refractivity contribution is -0.138. The van der Waals surface area contributed by atoms with Crippen LogP contribution in [0.25, 0.3) is 0 Å². The van der Waals surface area contributed by atoms with Crippen LogP contribution in [0.15, 0.2) is 24.4 Å². The van der Waals surface area contributed by atoms with Crippen molar-refractivity contribution >= 4 is 17.7 Å². The lowest BCUT2D eigenvalue weighted by Gasteiger charge is -2.37. The summed E-state index contributed by atoms with van der Waals surface area (Å²) in [5.74, 6) is -0.478. The van der Waals surface area contributed by atoms with E-state index in [0.29, 0.717) is 30.0 Å². The molecule has 8 heteroatoms. The van der Waals surface area contributed by atoms with Gasteiger partial charge >= 0.3 is 5.97 Å². The maximum Gasteiger partial charge on any atom is 0.305 e. The van der Waals surface area contributed by atoms with E-state index in [-0.39, 0.29) is 23.8 Å². The number of H-pyrrole nitrogens is 1. The zero-order valence-corrected chi connectivity index (χ0v) is 15.9. The normalized spacial score (nSPS) is 15.7. The second kappa shape index (κ2) is 7.75. The number of rotatable bonds is 6. The van der Waals surface area contributed by atoms with Crippen molar-refractivity contribution in [3.63, 3.8) is 0 Å². The number of aliphatic carboxylic acids is 1. The number of Topliss-reactive ketones (excluding diaryl/α,β-unsaturated/α-hetero) is 1. The zero-order chi connectivity index (χ0) is 20.4. The van der Waals surface area contributed by atoms with Gasteiger partial charge in [0.1, 0.15) is 5.69 Å². The quantitative estimate of drug-likeness (QED) is 0.738. The molecular formula is C20H22N2O6. The fraction of sp³-hybridized carbons (Fsp3) is 0.350. The van der Waals surface area contributed by atoms with Crippen molar-refractivity contribution in [1.29, 1.82) is 0 Å². The van der Waals surface area contributed by atoms with E-state index in [0.717, 1.165) is 11.1 Å². The van der Waals surface area contributed by atoms with E-state index in [1.54, 1.807) is 6.07 Å². The summed E-state index contributed by atoms with van der Waals surface area (Å²) in [6, 6.07) is 4.40. The topological polar surface area (TPSA) is 109 Å². The highest BCUT2D eigenvalue weighted by Crippen LogP contribution is 2.40. The molecule has 0 aliphatic carbocycles. The minimum Gasteiger partial charge on any atom is -0.493 e.